The Kier molecular flexibility index (Phi) is 10.6. The third-order valence-corrected chi connectivity index (χ3v) is 9.68. The number of nitrogens with zero attached hydrogens (tertiary/aromatic N) is 5. The molecule has 4 aromatic rings. The average Bonchev–Trinajstić information content (AvgIpc) is 3.78. The Morgan fingerprint density at radius 1 is 1.00 bits per heavy atom. The molecule has 2 amide bonds. The van der Waals surface area contributed by atoms with Crippen LogP contribution in [0.5, 0.6) is 0 Å². The number of carbonyl (C=O) groups is 2. The molecule has 258 valence electrons. The third-order valence-electron chi connectivity index (χ3n) is 8.54. The number of hydrogen-bond donors (Lipinski definition) is 2. The quantitative estimate of drug-likeness (QED) is 0.223. The molecule has 0 bridgehead atoms. The van der Waals surface area contributed by atoms with Crippen LogP contribution < -0.4 is 5.32 Å². The van der Waals surface area contributed by atoms with Crippen molar-refractivity contribution in [1.82, 2.24) is 30.4 Å². The maximum Gasteiger partial charge on any atom is 0.471 e. The van der Waals surface area contributed by atoms with E-state index in [2.05, 4.69) is 20.8 Å². The van der Waals surface area contributed by atoms with Crippen LogP contribution in [0.15, 0.2) is 78.0 Å². The number of nitrogens with one attached hydrogen (secondary N) is 1. The molecule has 0 aliphatic carbocycles. The lowest BCUT2D eigenvalue weighted by Crippen LogP contribution is -2.50. The molecular weight excluding hydrogens is 661 g/mol. The van der Waals surface area contributed by atoms with Gasteiger partial charge in [-0.15, -0.1) is 5.10 Å². The molecular formula is C34H35F3N6O5S. The van der Waals surface area contributed by atoms with Gasteiger partial charge in [-0.25, -0.2) is 4.68 Å². The summed E-state index contributed by atoms with van der Waals surface area (Å²) in [6.07, 6.45) is -5.07. The Morgan fingerprint density at radius 2 is 1.76 bits per heavy atom. The van der Waals surface area contributed by atoms with Crippen molar-refractivity contribution in [2.75, 3.05) is 12.3 Å². The number of benzene rings is 3. The first-order valence-corrected chi connectivity index (χ1v) is 16.8. The zero-order valence-electron chi connectivity index (χ0n) is 26.5. The predicted octanol–water partition coefficient (Wildman–Crippen LogP) is 4.88. The molecule has 6 rings (SSSR count). The number of amides is 2. The number of tetrazole rings is 1. The van der Waals surface area contributed by atoms with Crippen LogP contribution in [0, 0.1) is 0 Å². The van der Waals surface area contributed by atoms with Crippen LogP contribution in [0.4, 0.5) is 13.2 Å². The van der Waals surface area contributed by atoms with Crippen LogP contribution >= 0.6 is 11.8 Å². The fourth-order valence-electron chi connectivity index (χ4n) is 6.01. The second kappa shape index (κ2) is 15.1. The molecule has 2 aliphatic rings. The van der Waals surface area contributed by atoms with Gasteiger partial charge < -0.3 is 24.8 Å². The second-order valence-electron chi connectivity index (χ2n) is 11.9. The molecule has 2 saturated heterocycles. The molecule has 0 radical (unpaired) electrons. The van der Waals surface area contributed by atoms with Crippen molar-refractivity contribution in [1.29, 1.82) is 0 Å². The van der Waals surface area contributed by atoms with Gasteiger partial charge in [0.25, 0.3) is 0 Å². The Labute approximate surface area is 284 Å². The number of aryl methyl sites for hydroxylation is 1. The summed E-state index contributed by atoms with van der Waals surface area (Å²) < 4.78 is 53.7. The summed E-state index contributed by atoms with van der Waals surface area (Å²) in [6.45, 7) is -0.0695. The van der Waals surface area contributed by atoms with Gasteiger partial charge >= 0.3 is 12.1 Å². The second-order valence-corrected chi connectivity index (χ2v) is 12.9. The van der Waals surface area contributed by atoms with Crippen molar-refractivity contribution >= 4 is 23.6 Å². The number of likely N-dealkylation sites (tertiary alicyclic amines) is 1. The van der Waals surface area contributed by atoms with Gasteiger partial charge in [0.15, 0.2) is 6.29 Å². The van der Waals surface area contributed by atoms with Gasteiger partial charge in [-0.05, 0) is 63.2 Å². The van der Waals surface area contributed by atoms with Gasteiger partial charge in [-0.2, -0.15) is 13.2 Å². The summed E-state index contributed by atoms with van der Waals surface area (Å²) >= 11 is 1.49. The lowest BCUT2D eigenvalue weighted by Gasteiger charge is -2.36. The maximum atomic E-state index is 13.0. The van der Waals surface area contributed by atoms with E-state index in [1.807, 2.05) is 72.8 Å². The van der Waals surface area contributed by atoms with E-state index in [1.54, 1.807) is 11.7 Å². The fraction of sp³-hybridized carbons (Fsp3) is 0.382. The van der Waals surface area contributed by atoms with Crippen LogP contribution in [0.1, 0.15) is 53.9 Å². The number of rotatable bonds is 10. The van der Waals surface area contributed by atoms with E-state index in [9.17, 15) is 27.9 Å². The molecule has 49 heavy (non-hydrogen) atoms. The van der Waals surface area contributed by atoms with Crippen molar-refractivity contribution in [3.8, 4) is 11.1 Å². The number of ether oxygens (including phenoxy) is 2. The number of carbonyl (C=O) groups excluding carboxylic acids is 2. The number of aromatic nitrogens is 4. The van der Waals surface area contributed by atoms with Gasteiger partial charge in [-0.3, -0.25) is 9.59 Å². The number of thioether (sulfide) groups is 1. The molecule has 2 fully saturated rings. The monoisotopic (exact) mass is 696 g/mol. The van der Waals surface area contributed by atoms with Crippen LogP contribution in [0.3, 0.4) is 0 Å². The summed E-state index contributed by atoms with van der Waals surface area (Å²) in [5.41, 5.74) is 5.06. The van der Waals surface area contributed by atoms with E-state index < -0.39 is 30.3 Å². The van der Waals surface area contributed by atoms with Gasteiger partial charge in [0, 0.05) is 37.9 Å². The smallest absolute Gasteiger partial charge is 0.392 e. The molecule has 15 heteroatoms. The lowest BCUT2D eigenvalue weighted by molar-refractivity contribution is -0.245. The third kappa shape index (κ3) is 8.29. The highest BCUT2D eigenvalue weighted by Crippen LogP contribution is 2.40. The SMILES string of the molecule is Cn1nnnc1SC[C@H]1C[C@@H](c2ccc(CO)cc2)O[C@@H](c2cccc(-c3cccc(CNC(=O)[C@@H]4CCCN4C(=O)C(F)(F)F)c3)c2)O1. The van der Waals surface area contributed by atoms with Gasteiger partial charge in [0.2, 0.25) is 11.1 Å². The molecule has 3 aromatic carbocycles. The normalized spacial score (nSPS) is 21.1. The molecule has 4 atom stereocenters. The van der Waals surface area contributed by atoms with E-state index in [0.29, 0.717) is 28.7 Å². The van der Waals surface area contributed by atoms with E-state index in [0.717, 1.165) is 33.4 Å². The minimum absolute atomic E-state index is 0.0506. The highest BCUT2D eigenvalue weighted by Gasteiger charge is 2.47. The molecule has 0 spiro atoms. The van der Waals surface area contributed by atoms with Crippen LogP contribution in [-0.4, -0.2) is 72.6 Å². The van der Waals surface area contributed by atoms with E-state index in [4.69, 9.17) is 9.47 Å². The maximum absolute atomic E-state index is 13.0. The minimum Gasteiger partial charge on any atom is -0.392 e. The Bertz CT molecular complexity index is 1770. The first-order valence-electron chi connectivity index (χ1n) is 15.8. The zero-order chi connectivity index (χ0) is 34.5. The fourth-order valence-corrected chi connectivity index (χ4v) is 6.88. The topological polar surface area (TPSA) is 132 Å². The predicted molar refractivity (Wildman–Crippen MR) is 172 cm³/mol. The van der Waals surface area contributed by atoms with Crippen LogP contribution in [0.25, 0.3) is 11.1 Å². The average molecular weight is 697 g/mol. The van der Waals surface area contributed by atoms with E-state index >= 15 is 0 Å². The minimum atomic E-state index is -5.03. The van der Waals surface area contributed by atoms with Crippen molar-refractivity contribution in [2.45, 2.75) is 68.3 Å². The lowest BCUT2D eigenvalue weighted by atomic mass is 9.99. The molecule has 11 nitrogen and oxygen atoms in total. The standard InChI is InChI=1S/C34H35F3N6O5S/c1-42-33(39-40-41-42)49-20-27-17-29(23-12-10-21(19-44)11-13-23)48-31(47-27)26-8-3-7-25(16-26)24-6-2-5-22(15-24)18-38-30(45)28-9-4-14-43(28)32(46)34(35,36)37/h2-3,5-8,10-13,15-16,27-29,31,44H,4,9,14,17-20H2,1H3,(H,38,45)/t27-,28+,29+,31+/m1/s1. The zero-order valence-corrected chi connectivity index (χ0v) is 27.4. The number of alkyl halides is 3. The Morgan fingerprint density at radius 3 is 2.47 bits per heavy atom. The Balaban J connectivity index is 1.16. The molecule has 3 heterocycles. The number of aliphatic hydroxyl groups is 1. The highest BCUT2D eigenvalue weighted by atomic mass is 32.2. The van der Waals surface area contributed by atoms with Gasteiger partial charge in [-0.1, -0.05) is 72.4 Å². The van der Waals surface area contributed by atoms with Gasteiger partial charge in [0.05, 0.1) is 18.8 Å². The molecule has 0 unspecified atom stereocenters. The number of hydrogen-bond acceptors (Lipinski definition) is 9. The van der Waals surface area contributed by atoms with Crippen molar-refractivity contribution in [3.05, 3.63) is 95.1 Å². The molecule has 0 saturated carbocycles. The molecule has 1 aromatic heterocycles. The molecule has 2 aliphatic heterocycles. The highest BCUT2D eigenvalue weighted by molar-refractivity contribution is 7.99. The van der Waals surface area contributed by atoms with E-state index in [-0.39, 0.29) is 38.3 Å². The summed E-state index contributed by atoms with van der Waals surface area (Å²) in [6, 6.07) is 21.8. The number of aliphatic hydroxyl groups excluding tert-OH is 1. The largest absolute Gasteiger partial charge is 0.471 e. The van der Waals surface area contributed by atoms with E-state index in [1.165, 1.54) is 11.8 Å². The summed E-state index contributed by atoms with van der Waals surface area (Å²) in [7, 11) is 1.78. The summed E-state index contributed by atoms with van der Waals surface area (Å²) in [5.74, 6) is -2.01. The Hall–Kier alpha value is -4.31. The van der Waals surface area contributed by atoms with Crippen LogP contribution in [0.2, 0.25) is 0 Å². The number of halogens is 3. The summed E-state index contributed by atoms with van der Waals surface area (Å²) in [4.78, 5) is 25.2. The first kappa shape index (κ1) is 34.5. The summed E-state index contributed by atoms with van der Waals surface area (Å²) in [5, 5.41) is 24.6. The van der Waals surface area contributed by atoms with Crippen LogP contribution in [-0.2, 0) is 39.3 Å². The van der Waals surface area contributed by atoms with Gasteiger partial charge in [0.1, 0.15) is 6.04 Å². The van der Waals surface area contributed by atoms with Crippen molar-refractivity contribution < 1.29 is 37.3 Å². The van der Waals surface area contributed by atoms with Crippen molar-refractivity contribution in [3.63, 3.8) is 0 Å². The first-order chi connectivity index (χ1) is 23.6. The van der Waals surface area contributed by atoms with Crippen molar-refractivity contribution in [2.24, 2.45) is 7.05 Å². The molecule has 2 N–H and O–H groups in total.